The molecule has 0 spiro atoms. The van der Waals surface area contributed by atoms with Crippen LogP contribution in [0.2, 0.25) is 0 Å². The van der Waals surface area contributed by atoms with Crippen molar-refractivity contribution in [1.29, 1.82) is 0 Å². The van der Waals surface area contributed by atoms with Gasteiger partial charge in [-0.3, -0.25) is 0 Å². The van der Waals surface area contributed by atoms with Crippen molar-refractivity contribution in [2.75, 3.05) is 0 Å². The first-order valence-corrected chi connectivity index (χ1v) is 13.7. The van der Waals surface area contributed by atoms with Gasteiger partial charge in [-0.1, -0.05) is 103 Å². The lowest BCUT2D eigenvalue weighted by atomic mass is 9.34. The summed E-state index contributed by atoms with van der Waals surface area (Å²) in [5.41, 5.74) is 14.5. The van der Waals surface area contributed by atoms with Gasteiger partial charge < -0.3 is 9.13 Å². The summed E-state index contributed by atoms with van der Waals surface area (Å²) in [5, 5.41) is 5.30. The molecule has 0 fully saturated rings. The van der Waals surface area contributed by atoms with Gasteiger partial charge >= 0.3 is 0 Å². The highest BCUT2D eigenvalue weighted by Crippen LogP contribution is 2.39. The average Bonchev–Trinajstić information content (AvgIpc) is 3.53. The Morgan fingerprint density at radius 2 is 1.05 bits per heavy atom. The van der Waals surface area contributed by atoms with Crippen LogP contribution in [0, 0.1) is 0 Å². The zero-order valence-electron chi connectivity index (χ0n) is 21.1. The molecule has 0 atom stereocenters. The van der Waals surface area contributed by atoms with Crippen LogP contribution < -0.4 is 16.4 Å². The third-order valence-corrected chi connectivity index (χ3v) is 9.11. The number of benzene rings is 6. The van der Waals surface area contributed by atoms with Crippen LogP contribution in [-0.2, 0) is 0 Å². The Labute approximate surface area is 225 Å². The average molecular weight is 492 g/mol. The smallest absolute Gasteiger partial charge is 0.252 e. The summed E-state index contributed by atoms with van der Waals surface area (Å²) in [6, 6.07) is 47.3. The third kappa shape index (κ3) is 2.31. The molecule has 0 saturated heterocycles. The summed E-state index contributed by atoms with van der Waals surface area (Å²) in [4.78, 5) is 0. The van der Waals surface area contributed by atoms with Gasteiger partial charge in [-0.05, 0) is 51.8 Å². The Balaban J connectivity index is 1.45. The Morgan fingerprint density at radius 1 is 0.410 bits per heavy atom. The van der Waals surface area contributed by atoms with Crippen LogP contribution in [-0.4, -0.2) is 15.8 Å². The zero-order chi connectivity index (χ0) is 25.2. The van der Waals surface area contributed by atoms with Crippen LogP contribution in [0.3, 0.4) is 0 Å². The normalized spacial score (nSPS) is 13.1. The highest BCUT2D eigenvalue weighted by molar-refractivity contribution is 7.00. The van der Waals surface area contributed by atoms with Gasteiger partial charge in [0, 0.05) is 38.4 Å². The summed E-state index contributed by atoms with van der Waals surface area (Å²) in [6.45, 7) is 0.166. The molecule has 2 aromatic heterocycles. The summed E-state index contributed by atoms with van der Waals surface area (Å²) in [6.07, 6.45) is 0. The summed E-state index contributed by atoms with van der Waals surface area (Å²) >= 11 is 0. The van der Waals surface area contributed by atoms with Crippen LogP contribution >= 0.6 is 0 Å². The van der Waals surface area contributed by atoms with E-state index >= 15 is 0 Å². The van der Waals surface area contributed by atoms with Crippen LogP contribution in [0.5, 0.6) is 0 Å². The number of aromatic nitrogens is 2. The van der Waals surface area contributed by atoms with Crippen molar-refractivity contribution in [3.63, 3.8) is 0 Å². The lowest BCUT2D eigenvalue weighted by Gasteiger charge is -2.33. The quantitative estimate of drug-likeness (QED) is 0.226. The Kier molecular flexibility index (Phi) is 3.54. The molecular weight excluding hydrogens is 471 g/mol. The van der Waals surface area contributed by atoms with E-state index in [1.807, 2.05) is 0 Å². The van der Waals surface area contributed by atoms with Gasteiger partial charge in [0.1, 0.15) is 0 Å². The molecule has 10 rings (SSSR count). The predicted octanol–water partition coefficient (Wildman–Crippen LogP) is 6.69. The van der Waals surface area contributed by atoms with Crippen LogP contribution in [0.15, 0.2) is 127 Å². The molecule has 4 heterocycles. The third-order valence-electron chi connectivity index (χ3n) is 9.11. The largest absolute Gasteiger partial charge is 0.310 e. The Hall–Kier alpha value is -5.02. The SMILES string of the molecule is c1ccc(-c2ccc3c(c2)B2c4cccc5c6ccccc6n(c45)-c4ccc5c6ccccc6n-3c5c42)cc1. The number of rotatable bonds is 1. The topological polar surface area (TPSA) is 9.86 Å². The fourth-order valence-electron chi connectivity index (χ4n) is 7.61. The molecule has 0 bridgehead atoms. The van der Waals surface area contributed by atoms with Gasteiger partial charge in [-0.2, -0.15) is 0 Å². The van der Waals surface area contributed by atoms with E-state index in [1.54, 1.807) is 0 Å². The van der Waals surface area contributed by atoms with Crippen molar-refractivity contribution in [3.05, 3.63) is 127 Å². The van der Waals surface area contributed by atoms with E-state index in [1.165, 1.54) is 82.5 Å². The lowest BCUT2D eigenvalue weighted by Crippen LogP contribution is -2.59. The number of para-hydroxylation sites is 3. The van der Waals surface area contributed by atoms with Gasteiger partial charge in [0.25, 0.3) is 6.71 Å². The number of hydrogen-bond donors (Lipinski definition) is 0. The molecule has 0 N–H and O–H groups in total. The minimum absolute atomic E-state index is 0.166. The molecule has 39 heavy (non-hydrogen) atoms. The maximum absolute atomic E-state index is 2.53. The number of nitrogens with zero attached hydrogens (tertiary/aromatic N) is 2. The molecule has 0 radical (unpaired) electrons. The molecule has 178 valence electrons. The monoisotopic (exact) mass is 492 g/mol. The summed E-state index contributed by atoms with van der Waals surface area (Å²) in [7, 11) is 0. The maximum atomic E-state index is 2.53. The van der Waals surface area contributed by atoms with Crippen LogP contribution in [0.4, 0.5) is 0 Å². The first-order valence-electron chi connectivity index (χ1n) is 13.7. The Bertz CT molecular complexity index is 2340. The molecule has 0 amide bonds. The van der Waals surface area contributed by atoms with Crippen molar-refractivity contribution < 1.29 is 0 Å². The number of hydrogen-bond acceptors (Lipinski definition) is 0. The fraction of sp³-hybridized carbons (Fsp3) is 0. The molecule has 3 heteroatoms. The van der Waals surface area contributed by atoms with Crippen molar-refractivity contribution in [2.45, 2.75) is 0 Å². The van der Waals surface area contributed by atoms with Crippen LogP contribution in [0.1, 0.15) is 0 Å². The Morgan fingerprint density at radius 3 is 1.85 bits per heavy atom. The molecular formula is C36H21BN2. The van der Waals surface area contributed by atoms with Crippen molar-refractivity contribution in [3.8, 4) is 22.5 Å². The van der Waals surface area contributed by atoms with Crippen molar-refractivity contribution in [1.82, 2.24) is 9.13 Å². The minimum Gasteiger partial charge on any atom is -0.310 e. The van der Waals surface area contributed by atoms with E-state index in [2.05, 4.69) is 137 Å². The van der Waals surface area contributed by atoms with Crippen LogP contribution in [0.25, 0.3) is 66.1 Å². The molecule has 6 aromatic carbocycles. The molecule has 0 aliphatic carbocycles. The number of fused-ring (bicyclic) bond motifs is 11. The highest BCUT2D eigenvalue weighted by atomic mass is 15.0. The first kappa shape index (κ1) is 20.0. The van der Waals surface area contributed by atoms with Gasteiger partial charge in [-0.15, -0.1) is 0 Å². The van der Waals surface area contributed by atoms with E-state index in [9.17, 15) is 0 Å². The van der Waals surface area contributed by atoms with E-state index in [-0.39, 0.29) is 6.71 Å². The van der Waals surface area contributed by atoms with Gasteiger partial charge in [-0.25, -0.2) is 0 Å². The van der Waals surface area contributed by atoms with E-state index in [0.717, 1.165) is 0 Å². The fourth-order valence-corrected chi connectivity index (χ4v) is 7.61. The second kappa shape index (κ2) is 6.89. The second-order valence-electron chi connectivity index (χ2n) is 10.9. The van der Waals surface area contributed by atoms with E-state index in [0.29, 0.717) is 0 Å². The van der Waals surface area contributed by atoms with Gasteiger partial charge in [0.2, 0.25) is 0 Å². The lowest BCUT2D eigenvalue weighted by molar-refractivity contribution is 1.16. The summed E-state index contributed by atoms with van der Waals surface area (Å²) < 4.78 is 5.06. The van der Waals surface area contributed by atoms with E-state index < -0.39 is 0 Å². The second-order valence-corrected chi connectivity index (χ2v) is 10.9. The standard InChI is InChI=1S/C36H21BN2/c1-2-9-22(10-3-1)23-17-19-32-29(21-23)37-28-14-8-13-26-24-11-4-7-16-31(24)39(35(26)28)33-20-18-27-25-12-5-6-15-30(25)38(32)36(27)34(33)37/h1-21H. The molecule has 8 aromatic rings. The van der Waals surface area contributed by atoms with Gasteiger partial charge in [0.15, 0.2) is 0 Å². The predicted molar refractivity (Wildman–Crippen MR) is 165 cm³/mol. The molecule has 2 aliphatic rings. The molecule has 0 saturated carbocycles. The first-order chi connectivity index (χ1) is 19.4. The van der Waals surface area contributed by atoms with Crippen molar-refractivity contribution >= 4 is 66.7 Å². The van der Waals surface area contributed by atoms with Crippen molar-refractivity contribution in [2.24, 2.45) is 0 Å². The zero-order valence-corrected chi connectivity index (χ0v) is 21.1. The molecule has 0 unspecified atom stereocenters. The highest BCUT2D eigenvalue weighted by Gasteiger charge is 2.40. The van der Waals surface area contributed by atoms with E-state index in [4.69, 9.17) is 0 Å². The van der Waals surface area contributed by atoms with Gasteiger partial charge in [0.05, 0.1) is 16.6 Å². The molecule has 2 aliphatic heterocycles. The minimum atomic E-state index is 0.166. The maximum Gasteiger partial charge on any atom is 0.252 e. The molecule has 2 nitrogen and oxygen atoms in total. The summed E-state index contributed by atoms with van der Waals surface area (Å²) in [5.74, 6) is 0.